The third kappa shape index (κ3) is 4.31. The van der Waals surface area contributed by atoms with Crippen LogP contribution in [0.3, 0.4) is 0 Å². The Labute approximate surface area is 166 Å². The lowest BCUT2D eigenvalue weighted by molar-refractivity contribution is -0.122. The second-order valence-electron chi connectivity index (χ2n) is 6.73. The summed E-state index contributed by atoms with van der Waals surface area (Å²) < 4.78 is 14.2. The molecule has 1 atom stereocenters. The number of halogens is 2. The number of carbonyl (C=O) groups is 3. The molecule has 1 saturated heterocycles. The normalized spacial score (nSPS) is 16.2. The minimum atomic E-state index is -0.626. The van der Waals surface area contributed by atoms with Gasteiger partial charge in [-0.25, -0.2) is 4.39 Å². The average molecular weight is 404 g/mol. The van der Waals surface area contributed by atoms with Gasteiger partial charge in [0.15, 0.2) is 0 Å². The highest BCUT2D eigenvalue weighted by Crippen LogP contribution is 2.30. The van der Waals surface area contributed by atoms with Crippen molar-refractivity contribution >= 4 is 46.4 Å². The third-order valence-electron chi connectivity index (χ3n) is 4.44. The van der Waals surface area contributed by atoms with Gasteiger partial charge in [0.2, 0.25) is 17.7 Å². The lowest BCUT2D eigenvalue weighted by Crippen LogP contribution is -2.28. The number of hydrogen-bond donors (Lipinski definition) is 2. The molecule has 3 amide bonds. The fourth-order valence-corrected chi connectivity index (χ4v) is 3.31. The number of carbonyl (C=O) groups excluding carboxylic acids is 3. The van der Waals surface area contributed by atoms with E-state index in [0.717, 1.165) is 5.56 Å². The van der Waals surface area contributed by atoms with E-state index in [4.69, 9.17) is 11.6 Å². The van der Waals surface area contributed by atoms with Gasteiger partial charge in [-0.1, -0.05) is 17.7 Å². The predicted molar refractivity (Wildman–Crippen MR) is 106 cm³/mol. The zero-order valence-corrected chi connectivity index (χ0v) is 16.1. The van der Waals surface area contributed by atoms with Crippen molar-refractivity contribution in [3.05, 3.63) is 52.8 Å². The molecular weight excluding hydrogens is 385 g/mol. The Morgan fingerprint density at radius 3 is 2.57 bits per heavy atom. The molecule has 0 bridgehead atoms. The van der Waals surface area contributed by atoms with Gasteiger partial charge < -0.3 is 15.5 Å². The van der Waals surface area contributed by atoms with E-state index in [9.17, 15) is 18.8 Å². The second kappa shape index (κ2) is 7.98. The Balaban J connectivity index is 1.70. The maximum atomic E-state index is 14.2. The van der Waals surface area contributed by atoms with Crippen LogP contribution in [0, 0.1) is 18.7 Å². The van der Waals surface area contributed by atoms with Gasteiger partial charge in [0, 0.05) is 25.6 Å². The number of benzene rings is 2. The topological polar surface area (TPSA) is 78.5 Å². The van der Waals surface area contributed by atoms with Crippen molar-refractivity contribution in [1.82, 2.24) is 0 Å². The van der Waals surface area contributed by atoms with Crippen molar-refractivity contribution in [2.24, 2.45) is 5.92 Å². The van der Waals surface area contributed by atoms with Gasteiger partial charge in [0.05, 0.1) is 22.3 Å². The van der Waals surface area contributed by atoms with Gasteiger partial charge in [-0.3, -0.25) is 14.4 Å². The molecule has 1 aliphatic heterocycles. The van der Waals surface area contributed by atoms with Gasteiger partial charge in [-0.05, 0) is 42.8 Å². The van der Waals surface area contributed by atoms with E-state index >= 15 is 0 Å². The molecule has 1 aliphatic rings. The number of anilines is 3. The van der Waals surface area contributed by atoms with Crippen LogP contribution >= 0.6 is 11.6 Å². The van der Waals surface area contributed by atoms with Crippen LogP contribution < -0.4 is 15.5 Å². The molecular formula is C20H19ClFN3O3. The molecule has 0 aromatic heterocycles. The van der Waals surface area contributed by atoms with Crippen LogP contribution in [0.1, 0.15) is 18.9 Å². The molecule has 3 rings (SSSR count). The van der Waals surface area contributed by atoms with Gasteiger partial charge in [-0.2, -0.15) is 0 Å². The van der Waals surface area contributed by atoms with Crippen LogP contribution in [-0.4, -0.2) is 24.3 Å². The Morgan fingerprint density at radius 2 is 1.93 bits per heavy atom. The van der Waals surface area contributed by atoms with E-state index in [1.165, 1.54) is 24.0 Å². The first-order valence-electron chi connectivity index (χ1n) is 8.69. The van der Waals surface area contributed by atoms with E-state index in [1.54, 1.807) is 31.2 Å². The van der Waals surface area contributed by atoms with E-state index < -0.39 is 11.7 Å². The van der Waals surface area contributed by atoms with Crippen molar-refractivity contribution in [1.29, 1.82) is 0 Å². The molecule has 0 radical (unpaired) electrons. The summed E-state index contributed by atoms with van der Waals surface area (Å²) in [5, 5.41) is 5.55. The smallest absolute Gasteiger partial charge is 0.229 e. The minimum Gasteiger partial charge on any atom is -0.326 e. The van der Waals surface area contributed by atoms with Gasteiger partial charge >= 0.3 is 0 Å². The lowest BCUT2D eigenvalue weighted by Gasteiger charge is -2.18. The molecule has 2 N–H and O–H groups in total. The lowest BCUT2D eigenvalue weighted by atomic mass is 10.1. The molecule has 2 aromatic rings. The van der Waals surface area contributed by atoms with E-state index in [0.29, 0.717) is 11.4 Å². The van der Waals surface area contributed by atoms with Crippen molar-refractivity contribution in [3.8, 4) is 0 Å². The first-order valence-corrected chi connectivity index (χ1v) is 9.07. The van der Waals surface area contributed by atoms with Crippen molar-refractivity contribution in [2.45, 2.75) is 20.3 Å². The highest BCUT2D eigenvalue weighted by Gasteiger charge is 2.36. The standard InChI is InChI=1S/C20H19ClFN3O3/c1-11-3-6-18(16(22)7-11)25-10-13(8-19(25)27)20(28)24-17-5-4-14(9-15(17)21)23-12(2)26/h3-7,9,13H,8,10H2,1-2H3,(H,23,26)(H,24,28). The monoisotopic (exact) mass is 403 g/mol. The van der Waals surface area contributed by atoms with Crippen LogP contribution in [0.2, 0.25) is 5.02 Å². The fraction of sp³-hybridized carbons (Fsp3) is 0.250. The summed E-state index contributed by atoms with van der Waals surface area (Å²) in [5.74, 6) is -2.04. The largest absolute Gasteiger partial charge is 0.326 e. The van der Waals surface area contributed by atoms with Crippen molar-refractivity contribution in [3.63, 3.8) is 0 Å². The van der Waals surface area contributed by atoms with Crippen LogP contribution in [0.25, 0.3) is 0 Å². The number of rotatable bonds is 4. The molecule has 0 aliphatic carbocycles. The number of aryl methyl sites for hydroxylation is 1. The summed E-state index contributed by atoms with van der Waals surface area (Å²) in [6, 6.07) is 9.31. The summed E-state index contributed by atoms with van der Waals surface area (Å²) >= 11 is 6.16. The molecule has 2 aromatic carbocycles. The number of nitrogens with one attached hydrogen (secondary N) is 2. The Bertz CT molecular complexity index is 964. The molecule has 146 valence electrons. The highest BCUT2D eigenvalue weighted by molar-refractivity contribution is 6.34. The van der Waals surface area contributed by atoms with Crippen LogP contribution in [0.5, 0.6) is 0 Å². The maximum Gasteiger partial charge on any atom is 0.229 e. The number of nitrogens with zero attached hydrogens (tertiary/aromatic N) is 1. The quantitative estimate of drug-likeness (QED) is 0.816. The SMILES string of the molecule is CC(=O)Nc1ccc(NC(=O)C2CC(=O)N(c3ccc(C)cc3F)C2)c(Cl)c1. The summed E-state index contributed by atoms with van der Waals surface area (Å²) in [6.07, 6.45) is -0.0132. The van der Waals surface area contributed by atoms with Crippen LogP contribution in [0.15, 0.2) is 36.4 Å². The molecule has 8 heteroatoms. The molecule has 1 fully saturated rings. The van der Waals surface area contributed by atoms with E-state index in [2.05, 4.69) is 10.6 Å². The summed E-state index contributed by atoms with van der Waals surface area (Å²) in [6.45, 7) is 3.23. The molecule has 1 heterocycles. The fourth-order valence-electron chi connectivity index (χ4n) is 3.08. The first kappa shape index (κ1) is 19.8. The molecule has 28 heavy (non-hydrogen) atoms. The van der Waals surface area contributed by atoms with E-state index in [1.807, 2.05) is 0 Å². The minimum absolute atomic E-state index is 0.0132. The summed E-state index contributed by atoms with van der Waals surface area (Å²) in [5.41, 5.74) is 1.80. The van der Waals surface area contributed by atoms with Gasteiger partial charge in [0.1, 0.15) is 5.82 Å². The zero-order valence-electron chi connectivity index (χ0n) is 15.4. The Morgan fingerprint density at radius 1 is 1.18 bits per heavy atom. The Kier molecular flexibility index (Phi) is 5.65. The van der Waals surface area contributed by atoms with Crippen LogP contribution in [-0.2, 0) is 14.4 Å². The molecule has 1 unspecified atom stereocenters. The van der Waals surface area contributed by atoms with Crippen molar-refractivity contribution in [2.75, 3.05) is 22.1 Å². The Hall–Kier alpha value is -2.93. The average Bonchev–Trinajstić information content (AvgIpc) is 2.98. The van der Waals surface area contributed by atoms with Crippen LogP contribution in [0.4, 0.5) is 21.5 Å². The highest BCUT2D eigenvalue weighted by atomic mass is 35.5. The maximum absolute atomic E-state index is 14.2. The number of hydrogen-bond acceptors (Lipinski definition) is 3. The van der Waals surface area contributed by atoms with E-state index in [-0.39, 0.29) is 41.4 Å². The predicted octanol–water partition coefficient (Wildman–Crippen LogP) is 3.74. The summed E-state index contributed by atoms with van der Waals surface area (Å²) in [7, 11) is 0. The molecule has 6 nitrogen and oxygen atoms in total. The third-order valence-corrected chi connectivity index (χ3v) is 4.75. The number of amides is 3. The first-order chi connectivity index (χ1) is 13.2. The van der Waals surface area contributed by atoms with Gasteiger partial charge in [-0.15, -0.1) is 0 Å². The summed E-state index contributed by atoms with van der Waals surface area (Å²) in [4.78, 5) is 37.3. The molecule has 0 spiro atoms. The molecule has 0 saturated carbocycles. The van der Waals surface area contributed by atoms with Gasteiger partial charge in [0.25, 0.3) is 0 Å². The zero-order chi connectivity index (χ0) is 20.4. The second-order valence-corrected chi connectivity index (χ2v) is 7.13. The van der Waals surface area contributed by atoms with Crippen molar-refractivity contribution < 1.29 is 18.8 Å².